The Balaban J connectivity index is 2.54. The Kier molecular flexibility index (Phi) is 3.65. The van der Waals surface area contributed by atoms with Gasteiger partial charge in [-0.2, -0.15) is 0 Å². The molecule has 0 saturated carbocycles. The molecule has 0 spiro atoms. The van der Waals surface area contributed by atoms with E-state index in [1.807, 2.05) is 26.0 Å². The van der Waals surface area contributed by atoms with Crippen LogP contribution in [0.1, 0.15) is 23.2 Å². The van der Waals surface area contributed by atoms with Crippen LogP contribution in [0.3, 0.4) is 0 Å². The first kappa shape index (κ1) is 12.3. The molecule has 0 atom stereocenters. The lowest BCUT2D eigenvalue weighted by molar-refractivity contribution is 0.824. The summed E-state index contributed by atoms with van der Waals surface area (Å²) in [5.41, 5.74) is 9.97. The zero-order valence-corrected chi connectivity index (χ0v) is 11.0. The van der Waals surface area contributed by atoms with Crippen molar-refractivity contribution in [3.05, 3.63) is 40.0 Å². The van der Waals surface area contributed by atoms with E-state index in [2.05, 4.69) is 11.1 Å². The molecule has 0 aliphatic heterocycles. The molecule has 1 heterocycles. The molecule has 2 N–H and O–H groups in total. The standard InChI is InChI=1S/C14H17ClN2/c1-9-13(15)6-5-12-8-11(4-3-7-16)10(2)17-14(9)12/h5-6,8H,3-4,7,16H2,1-2H3. The van der Waals surface area contributed by atoms with Crippen LogP contribution in [0.5, 0.6) is 0 Å². The molecule has 2 aromatic rings. The highest BCUT2D eigenvalue weighted by atomic mass is 35.5. The van der Waals surface area contributed by atoms with Gasteiger partial charge >= 0.3 is 0 Å². The number of nitrogens with zero attached hydrogens (tertiary/aromatic N) is 1. The number of benzene rings is 1. The van der Waals surface area contributed by atoms with Crippen molar-refractivity contribution < 1.29 is 0 Å². The number of nitrogens with two attached hydrogens (primary N) is 1. The normalized spacial score (nSPS) is 11.1. The van der Waals surface area contributed by atoms with Crippen LogP contribution >= 0.6 is 11.6 Å². The molecule has 1 aromatic heterocycles. The van der Waals surface area contributed by atoms with Gasteiger partial charge in [0.25, 0.3) is 0 Å². The summed E-state index contributed by atoms with van der Waals surface area (Å²) in [7, 11) is 0. The second-order valence-electron chi connectivity index (χ2n) is 4.37. The summed E-state index contributed by atoms with van der Waals surface area (Å²) >= 11 is 6.11. The fourth-order valence-electron chi connectivity index (χ4n) is 2.04. The van der Waals surface area contributed by atoms with Crippen molar-refractivity contribution in [2.24, 2.45) is 5.73 Å². The van der Waals surface area contributed by atoms with E-state index >= 15 is 0 Å². The molecule has 0 saturated heterocycles. The van der Waals surface area contributed by atoms with Crippen LogP contribution in [0.4, 0.5) is 0 Å². The second kappa shape index (κ2) is 5.03. The predicted molar refractivity (Wildman–Crippen MR) is 73.6 cm³/mol. The topological polar surface area (TPSA) is 38.9 Å². The van der Waals surface area contributed by atoms with E-state index in [1.54, 1.807) is 0 Å². The maximum Gasteiger partial charge on any atom is 0.0749 e. The summed E-state index contributed by atoms with van der Waals surface area (Å²) < 4.78 is 0. The summed E-state index contributed by atoms with van der Waals surface area (Å²) in [5.74, 6) is 0. The SMILES string of the molecule is Cc1nc2c(C)c(Cl)ccc2cc1CCCN. The van der Waals surface area contributed by atoms with Gasteiger partial charge in [-0.3, -0.25) is 4.98 Å². The molecule has 0 aliphatic rings. The number of halogens is 1. The van der Waals surface area contributed by atoms with Gasteiger partial charge in [0.05, 0.1) is 5.52 Å². The first-order chi connectivity index (χ1) is 8.13. The molecule has 2 rings (SSSR count). The molecule has 1 aromatic carbocycles. The number of hydrogen-bond donors (Lipinski definition) is 1. The van der Waals surface area contributed by atoms with Gasteiger partial charge in [0.1, 0.15) is 0 Å². The van der Waals surface area contributed by atoms with Crippen molar-refractivity contribution in [3.8, 4) is 0 Å². The molecule has 3 heteroatoms. The van der Waals surface area contributed by atoms with Crippen LogP contribution in [0.25, 0.3) is 10.9 Å². The maximum atomic E-state index is 6.11. The van der Waals surface area contributed by atoms with E-state index in [0.29, 0.717) is 0 Å². The number of fused-ring (bicyclic) bond motifs is 1. The highest BCUT2D eigenvalue weighted by molar-refractivity contribution is 6.32. The Morgan fingerprint density at radius 1 is 1.29 bits per heavy atom. The van der Waals surface area contributed by atoms with Crippen LogP contribution in [-0.4, -0.2) is 11.5 Å². The molecule has 17 heavy (non-hydrogen) atoms. The highest BCUT2D eigenvalue weighted by Gasteiger charge is 2.07. The van der Waals surface area contributed by atoms with Crippen molar-refractivity contribution in [1.29, 1.82) is 0 Å². The van der Waals surface area contributed by atoms with Crippen molar-refractivity contribution in [3.63, 3.8) is 0 Å². The minimum atomic E-state index is 0.719. The fourth-order valence-corrected chi connectivity index (χ4v) is 2.19. The van der Waals surface area contributed by atoms with Crippen LogP contribution < -0.4 is 5.73 Å². The maximum absolute atomic E-state index is 6.11. The Labute approximate surface area is 107 Å². The van der Waals surface area contributed by atoms with Crippen molar-refractivity contribution >= 4 is 22.5 Å². The van der Waals surface area contributed by atoms with Gasteiger partial charge in [-0.1, -0.05) is 17.7 Å². The Morgan fingerprint density at radius 3 is 2.76 bits per heavy atom. The second-order valence-corrected chi connectivity index (χ2v) is 4.78. The molecule has 90 valence electrons. The van der Waals surface area contributed by atoms with Gasteiger partial charge in [0, 0.05) is 16.1 Å². The molecular formula is C14H17ClN2. The smallest absolute Gasteiger partial charge is 0.0749 e. The summed E-state index contributed by atoms with van der Waals surface area (Å²) in [5, 5.41) is 1.93. The minimum absolute atomic E-state index is 0.719. The number of hydrogen-bond acceptors (Lipinski definition) is 2. The van der Waals surface area contributed by atoms with Gasteiger partial charge in [-0.05, 0) is 56.5 Å². The summed E-state index contributed by atoms with van der Waals surface area (Å²) in [6, 6.07) is 6.17. The van der Waals surface area contributed by atoms with Crippen molar-refractivity contribution in [1.82, 2.24) is 4.98 Å². The van der Waals surface area contributed by atoms with E-state index in [9.17, 15) is 0 Å². The fraction of sp³-hybridized carbons (Fsp3) is 0.357. The third-order valence-corrected chi connectivity index (χ3v) is 3.53. The number of rotatable bonds is 3. The number of aryl methyl sites for hydroxylation is 3. The third kappa shape index (κ3) is 2.43. The predicted octanol–water partition coefficient (Wildman–Crippen LogP) is 3.40. The van der Waals surface area contributed by atoms with E-state index in [-0.39, 0.29) is 0 Å². The van der Waals surface area contributed by atoms with Crippen LogP contribution in [0.15, 0.2) is 18.2 Å². The molecule has 0 fully saturated rings. The third-order valence-electron chi connectivity index (χ3n) is 3.12. The first-order valence-electron chi connectivity index (χ1n) is 5.89. The van der Waals surface area contributed by atoms with Crippen LogP contribution in [-0.2, 0) is 6.42 Å². The summed E-state index contributed by atoms with van der Waals surface area (Å²) in [6.45, 7) is 4.78. The monoisotopic (exact) mass is 248 g/mol. The largest absolute Gasteiger partial charge is 0.330 e. The van der Waals surface area contributed by atoms with Crippen LogP contribution in [0.2, 0.25) is 5.02 Å². The zero-order chi connectivity index (χ0) is 12.4. The Bertz CT molecular complexity index is 549. The van der Waals surface area contributed by atoms with Crippen molar-refractivity contribution in [2.75, 3.05) is 6.54 Å². The average Bonchev–Trinajstić information content (AvgIpc) is 2.32. The molecule has 0 bridgehead atoms. The van der Waals surface area contributed by atoms with Crippen LogP contribution in [0, 0.1) is 13.8 Å². The Morgan fingerprint density at radius 2 is 2.06 bits per heavy atom. The summed E-state index contributed by atoms with van der Waals surface area (Å²) in [4.78, 5) is 4.66. The summed E-state index contributed by atoms with van der Waals surface area (Å²) in [6.07, 6.45) is 1.99. The molecular weight excluding hydrogens is 232 g/mol. The van der Waals surface area contributed by atoms with Gasteiger partial charge in [0.15, 0.2) is 0 Å². The number of pyridine rings is 1. The van der Waals surface area contributed by atoms with E-state index in [0.717, 1.165) is 46.6 Å². The molecule has 0 amide bonds. The van der Waals surface area contributed by atoms with Gasteiger partial charge in [0.2, 0.25) is 0 Å². The molecule has 0 radical (unpaired) electrons. The first-order valence-corrected chi connectivity index (χ1v) is 6.26. The highest BCUT2D eigenvalue weighted by Crippen LogP contribution is 2.25. The van der Waals surface area contributed by atoms with E-state index in [1.165, 1.54) is 5.56 Å². The quantitative estimate of drug-likeness (QED) is 0.904. The van der Waals surface area contributed by atoms with Crippen molar-refractivity contribution in [2.45, 2.75) is 26.7 Å². The lowest BCUT2D eigenvalue weighted by Gasteiger charge is -2.09. The van der Waals surface area contributed by atoms with Gasteiger partial charge < -0.3 is 5.73 Å². The molecule has 0 unspecified atom stereocenters. The van der Waals surface area contributed by atoms with E-state index < -0.39 is 0 Å². The molecule has 2 nitrogen and oxygen atoms in total. The number of aromatic nitrogens is 1. The minimum Gasteiger partial charge on any atom is -0.330 e. The zero-order valence-electron chi connectivity index (χ0n) is 10.3. The molecule has 0 aliphatic carbocycles. The lowest BCUT2D eigenvalue weighted by Crippen LogP contribution is -2.02. The van der Waals surface area contributed by atoms with Gasteiger partial charge in [-0.15, -0.1) is 0 Å². The average molecular weight is 249 g/mol. The lowest BCUT2D eigenvalue weighted by atomic mass is 10.0. The van der Waals surface area contributed by atoms with E-state index in [4.69, 9.17) is 17.3 Å². The Hall–Kier alpha value is -1.12. The van der Waals surface area contributed by atoms with Gasteiger partial charge in [-0.25, -0.2) is 0 Å².